The van der Waals surface area contributed by atoms with Crippen LogP contribution >= 0.6 is 23.1 Å². The van der Waals surface area contributed by atoms with E-state index in [0.717, 1.165) is 53.9 Å². The monoisotopic (exact) mass is 405 g/mol. The van der Waals surface area contributed by atoms with Crippen molar-refractivity contribution < 1.29 is 4.79 Å². The second-order valence-electron chi connectivity index (χ2n) is 7.65. The van der Waals surface area contributed by atoms with E-state index < -0.39 is 0 Å². The Morgan fingerprint density at radius 2 is 2.07 bits per heavy atom. The Kier molecular flexibility index (Phi) is 5.88. The second-order valence-corrected chi connectivity index (χ2v) is 9.84. The number of carbonyl (C=O) groups is 1. The summed E-state index contributed by atoms with van der Waals surface area (Å²) in [5.41, 5.74) is 1.22. The van der Waals surface area contributed by atoms with E-state index in [1.165, 1.54) is 29.7 Å². The molecule has 2 heterocycles. The Balaban J connectivity index is 1.30. The highest BCUT2D eigenvalue weighted by atomic mass is 32.2. The summed E-state index contributed by atoms with van der Waals surface area (Å²) in [6.45, 7) is 0. The fourth-order valence-electron chi connectivity index (χ4n) is 4.29. The van der Waals surface area contributed by atoms with Crippen molar-refractivity contribution in [3.63, 3.8) is 0 Å². The summed E-state index contributed by atoms with van der Waals surface area (Å²) in [7, 11) is 1.95. The third-order valence-electron chi connectivity index (χ3n) is 5.84. The first-order chi connectivity index (χ1) is 13.1. The molecule has 2 aliphatic carbocycles. The van der Waals surface area contributed by atoms with Crippen molar-refractivity contribution in [3.05, 3.63) is 26.6 Å². The molecule has 0 spiro atoms. The predicted molar refractivity (Wildman–Crippen MR) is 113 cm³/mol. The van der Waals surface area contributed by atoms with E-state index in [1.54, 1.807) is 23.1 Å². The minimum absolute atomic E-state index is 0.00288. The SMILES string of the molecule is CN(C(=O)CCSCc1nc2sc3c(c2c(=O)[nH]1)CCC3)C1CCCCC1. The van der Waals surface area contributed by atoms with Crippen molar-refractivity contribution in [1.82, 2.24) is 14.9 Å². The van der Waals surface area contributed by atoms with Gasteiger partial charge in [-0.25, -0.2) is 4.98 Å². The minimum atomic E-state index is 0.00288. The van der Waals surface area contributed by atoms with Crippen LogP contribution in [0.1, 0.15) is 61.2 Å². The maximum atomic E-state index is 12.5. The fraction of sp³-hybridized carbons (Fsp3) is 0.650. The number of hydrogen-bond acceptors (Lipinski definition) is 5. The first-order valence-corrected chi connectivity index (χ1v) is 12.0. The quantitative estimate of drug-likeness (QED) is 0.741. The lowest BCUT2D eigenvalue weighted by molar-refractivity contribution is -0.132. The fourth-order valence-corrected chi connectivity index (χ4v) is 6.37. The van der Waals surface area contributed by atoms with Crippen LogP contribution in [0.2, 0.25) is 0 Å². The van der Waals surface area contributed by atoms with Crippen molar-refractivity contribution in [2.75, 3.05) is 12.8 Å². The Hall–Kier alpha value is -1.34. The van der Waals surface area contributed by atoms with Crippen molar-refractivity contribution in [2.45, 2.75) is 69.6 Å². The highest BCUT2D eigenvalue weighted by molar-refractivity contribution is 7.98. The first-order valence-electron chi connectivity index (χ1n) is 10.0. The van der Waals surface area contributed by atoms with E-state index >= 15 is 0 Å². The molecule has 146 valence electrons. The molecular weight excluding hydrogens is 378 g/mol. The maximum absolute atomic E-state index is 12.5. The smallest absolute Gasteiger partial charge is 0.259 e. The molecule has 0 saturated heterocycles. The Labute approximate surface area is 167 Å². The Bertz CT molecular complexity index is 883. The zero-order chi connectivity index (χ0) is 18.8. The molecule has 2 aromatic rings. The predicted octanol–water partition coefficient (Wildman–Crippen LogP) is 3.89. The number of nitrogens with zero attached hydrogens (tertiary/aromatic N) is 2. The van der Waals surface area contributed by atoms with Gasteiger partial charge >= 0.3 is 0 Å². The molecule has 0 bridgehead atoms. The van der Waals surface area contributed by atoms with Gasteiger partial charge in [0.25, 0.3) is 5.56 Å². The molecule has 7 heteroatoms. The van der Waals surface area contributed by atoms with Gasteiger partial charge in [0.1, 0.15) is 10.7 Å². The molecule has 2 aliphatic rings. The molecule has 0 aromatic carbocycles. The Morgan fingerprint density at radius 1 is 1.26 bits per heavy atom. The summed E-state index contributed by atoms with van der Waals surface area (Å²) >= 11 is 3.35. The van der Waals surface area contributed by atoms with Crippen LogP contribution in [0.15, 0.2) is 4.79 Å². The molecule has 1 N–H and O–H groups in total. The first kappa shape index (κ1) is 19.0. The summed E-state index contributed by atoms with van der Waals surface area (Å²) in [4.78, 5) is 36.7. The van der Waals surface area contributed by atoms with Crippen LogP contribution in [0.5, 0.6) is 0 Å². The lowest BCUT2D eigenvalue weighted by Gasteiger charge is -2.31. The summed E-state index contributed by atoms with van der Waals surface area (Å²) in [6.07, 6.45) is 9.86. The molecule has 0 aliphatic heterocycles. The molecular formula is C20H27N3O2S2. The van der Waals surface area contributed by atoms with Crippen LogP contribution < -0.4 is 5.56 Å². The number of nitrogens with one attached hydrogen (secondary N) is 1. The molecule has 0 radical (unpaired) electrons. The van der Waals surface area contributed by atoms with E-state index in [4.69, 9.17) is 0 Å². The normalized spacial score (nSPS) is 17.4. The number of aromatic amines is 1. The largest absolute Gasteiger partial charge is 0.343 e. The molecule has 0 atom stereocenters. The van der Waals surface area contributed by atoms with Crippen molar-refractivity contribution in [3.8, 4) is 0 Å². The van der Waals surface area contributed by atoms with E-state index in [-0.39, 0.29) is 11.5 Å². The molecule has 27 heavy (non-hydrogen) atoms. The van der Waals surface area contributed by atoms with Gasteiger partial charge in [-0.3, -0.25) is 9.59 Å². The van der Waals surface area contributed by atoms with Crippen LogP contribution in [-0.4, -0.2) is 39.6 Å². The number of aromatic nitrogens is 2. The summed E-state index contributed by atoms with van der Waals surface area (Å²) in [5, 5.41) is 0.811. The van der Waals surface area contributed by atoms with Crippen molar-refractivity contribution in [2.24, 2.45) is 0 Å². The lowest BCUT2D eigenvalue weighted by atomic mass is 9.94. The number of thioether (sulfide) groups is 1. The van der Waals surface area contributed by atoms with Crippen LogP contribution in [0.4, 0.5) is 0 Å². The molecule has 1 fully saturated rings. The summed E-state index contributed by atoms with van der Waals surface area (Å²) in [5.74, 6) is 2.37. The van der Waals surface area contributed by atoms with Gasteiger partial charge in [-0.15, -0.1) is 11.3 Å². The average molecular weight is 406 g/mol. The van der Waals surface area contributed by atoms with Crippen molar-refractivity contribution >= 4 is 39.2 Å². The minimum Gasteiger partial charge on any atom is -0.343 e. The number of hydrogen-bond donors (Lipinski definition) is 1. The molecule has 1 amide bonds. The topological polar surface area (TPSA) is 66.1 Å². The molecule has 0 unspecified atom stereocenters. The van der Waals surface area contributed by atoms with Gasteiger partial charge in [-0.2, -0.15) is 11.8 Å². The number of H-pyrrole nitrogens is 1. The highest BCUT2D eigenvalue weighted by Crippen LogP contribution is 2.34. The third-order valence-corrected chi connectivity index (χ3v) is 8.00. The van der Waals surface area contributed by atoms with Gasteiger partial charge in [-0.05, 0) is 37.7 Å². The maximum Gasteiger partial charge on any atom is 0.259 e. The van der Waals surface area contributed by atoms with E-state index in [1.807, 2.05) is 11.9 Å². The molecule has 1 saturated carbocycles. The van der Waals surface area contributed by atoms with Gasteiger partial charge in [0.05, 0.1) is 11.1 Å². The second kappa shape index (κ2) is 8.35. The van der Waals surface area contributed by atoms with Gasteiger partial charge in [0.15, 0.2) is 0 Å². The number of fused-ring (bicyclic) bond motifs is 3. The zero-order valence-corrected chi connectivity index (χ0v) is 17.5. The molecule has 2 aromatic heterocycles. The van der Waals surface area contributed by atoms with Crippen LogP contribution in [0.25, 0.3) is 10.2 Å². The van der Waals surface area contributed by atoms with Crippen LogP contribution in [0, 0.1) is 0 Å². The summed E-state index contributed by atoms with van der Waals surface area (Å²) in [6, 6.07) is 0.428. The van der Waals surface area contributed by atoms with Gasteiger partial charge in [-0.1, -0.05) is 19.3 Å². The zero-order valence-electron chi connectivity index (χ0n) is 15.9. The highest BCUT2D eigenvalue weighted by Gasteiger charge is 2.22. The van der Waals surface area contributed by atoms with E-state index in [2.05, 4.69) is 9.97 Å². The Morgan fingerprint density at radius 3 is 2.89 bits per heavy atom. The van der Waals surface area contributed by atoms with E-state index in [9.17, 15) is 9.59 Å². The third kappa shape index (κ3) is 4.09. The lowest BCUT2D eigenvalue weighted by Crippen LogP contribution is -2.38. The van der Waals surface area contributed by atoms with E-state index in [0.29, 0.717) is 18.2 Å². The number of amides is 1. The molecule has 4 rings (SSSR count). The van der Waals surface area contributed by atoms with Gasteiger partial charge in [0.2, 0.25) is 5.91 Å². The number of thiophene rings is 1. The van der Waals surface area contributed by atoms with Crippen molar-refractivity contribution in [1.29, 1.82) is 0 Å². The number of rotatable bonds is 6. The van der Waals surface area contributed by atoms with Crippen LogP contribution in [0.3, 0.4) is 0 Å². The average Bonchev–Trinajstić information content (AvgIpc) is 3.26. The van der Waals surface area contributed by atoms with Crippen LogP contribution in [-0.2, 0) is 23.4 Å². The van der Waals surface area contributed by atoms with Gasteiger partial charge in [0, 0.05) is 30.1 Å². The standard InChI is InChI=1S/C20H27N3O2S2/c1-23(13-6-3-2-4-7-13)17(24)10-11-26-12-16-21-19(25)18-14-8-5-9-15(14)27-20(18)22-16/h13H,2-12H2,1H3,(H,21,22,25). The summed E-state index contributed by atoms with van der Waals surface area (Å²) < 4.78 is 0. The number of carbonyl (C=O) groups excluding carboxylic acids is 1. The van der Waals surface area contributed by atoms with Gasteiger partial charge < -0.3 is 9.88 Å². The molecule has 5 nitrogen and oxygen atoms in total. The number of aryl methyl sites for hydroxylation is 2.